The summed E-state index contributed by atoms with van der Waals surface area (Å²) in [5, 5.41) is 0. The summed E-state index contributed by atoms with van der Waals surface area (Å²) in [4.78, 5) is 22.8. The maximum atomic E-state index is 14.1. The number of nitrogens with zero attached hydrogens (tertiary/aromatic N) is 4. The summed E-state index contributed by atoms with van der Waals surface area (Å²) in [6, 6.07) is 2.91. The number of ether oxygens (including phenoxy) is 1. The Labute approximate surface area is 138 Å². The number of carbonyl (C=O) groups is 1. The fraction of sp³-hybridized carbons (Fsp3) is 0.200. The van der Waals surface area contributed by atoms with Crippen LogP contribution in [0.3, 0.4) is 0 Å². The fourth-order valence-corrected chi connectivity index (χ4v) is 2.27. The van der Waals surface area contributed by atoms with Gasteiger partial charge in [-0.1, -0.05) is 0 Å². The number of hydrogen-bond donors (Lipinski definition) is 0. The zero-order valence-corrected chi connectivity index (χ0v) is 12.9. The molecule has 130 valence electrons. The zero-order valence-electron chi connectivity index (χ0n) is 12.9. The van der Waals surface area contributed by atoms with Gasteiger partial charge in [-0.3, -0.25) is 0 Å². The first-order chi connectivity index (χ1) is 11.7. The molecule has 0 unspecified atom stereocenters. The summed E-state index contributed by atoms with van der Waals surface area (Å²) in [5.41, 5.74) is -1.31. The number of halogens is 4. The van der Waals surface area contributed by atoms with Crippen LogP contribution < -0.4 is 0 Å². The highest BCUT2D eigenvalue weighted by molar-refractivity contribution is 5.88. The Morgan fingerprint density at radius 2 is 1.96 bits per heavy atom. The van der Waals surface area contributed by atoms with Crippen LogP contribution in [-0.2, 0) is 18.0 Å². The number of carbonyl (C=O) groups excluding carboxylic acids is 1. The van der Waals surface area contributed by atoms with Gasteiger partial charge < -0.3 is 9.30 Å². The number of hydrogen-bond acceptors (Lipinski definition) is 5. The van der Waals surface area contributed by atoms with Gasteiger partial charge >= 0.3 is 12.1 Å². The predicted molar refractivity (Wildman–Crippen MR) is 78.0 cm³/mol. The summed E-state index contributed by atoms with van der Waals surface area (Å²) < 4.78 is 58.3. The molecule has 3 aromatic heterocycles. The van der Waals surface area contributed by atoms with Crippen molar-refractivity contribution in [2.45, 2.75) is 6.18 Å². The van der Waals surface area contributed by atoms with Gasteiger partial charge in [0.1, 0.15) is 17.1 Å². The first-order valence-corrected chi connectivity index (χ1v) is 6.87. The van der Waals surface area contributed by atoms with Gasteiger partial charge in [0.15, 0.2) is 11.6 Å². The van der Waals surface area contributed by atoms with Crippen molar-refractivity contribution in [3.05, 3.63) is 41.6 Å². The second-order valence-electron chi connectivity index (χ2n) is 5.07. The number of alkyl halides is 3. The van der Waals surface area contributed by atoms with Gasteiger partial charge in [0.05, 0.1) is 24.3 Å². The molecule has 3 rings (SSSR count). The highest BCUT2D eigenvalue weighted by atomic mass is 19.4. The van der Waals surface area contributed by atoms with E-state index in [1.54, 1.807) is 0 Å². The van der Waals surface area contributed by atoms with Crippen LogP contribution in [0.15, 0.2) is 24.4 Å². The lowest BCUT2D eigenvalue weighted by molar-refractivity contribution is -0.141. The van der Waals surface area contributed by atoms with E-state index in [9.17, 15) is 22.4 Å². The minimum Gasteiger partial charge on any atom is -0.464 e. The van der Waals surface area contributed by atoms with E-state index in [0.29, 0.717) is 0 Å². The van der Waals surface area contributed by atoms with Crippen LogP contribution in [0.5, 0.6) is 0 Å². The summed E-state index contributed by atoms with van der Waals surface area (Å²) in [7, 11) is 2.62. The molecule has 25 heavy (non-hydrogen) atoms. The molecular weight excluding hydrogens is 344 g/mol. The Morgan fingerprint density at radius 3 is 2.60 bits per heavy atom. The maximum Gasteiger partial charge on any atom is 0.433 e. The molecular formula is C15H10F4N4O2. The summed E-state index contributed by atoms with van der Waals surface area (Å²) in [6.07, 6.45) is -3.63. The summed E-state index contributed by atoms with van der Waals surface area (Å²) >= 11 is 0. The Kier molecular flexibility index (Phi) is 3.90. The molecule has 0 radical (unpaired) electrons. The van der Waals surface area contributed by atoms with Gasteiger partial charge in [0.25, 0.3) is 0 Å². The van der Waals surface area contributed by atoms with E-state index in [4.69, 9.17) is 0 Å². The first kappa shape index (κ1) is 16.8. The standard InChI is InChI=1S/C15H10F4N4O2/c1-23-10-6-20-11(15(17,18)19)5-9(10)22-13(23)12-7(16)3-4-8(21-12)14(24)25-2/h3-6H,1-2H3. The molecule has 3 aromatic rings. The number of esters is 1. The largest absolute Gasteiger partial charge is 0.464 e. The average Bonchev–Trinajstić information content (AvgIpc) is 2.90. The molecule has 0 atom stereocenters. The fourth-order valence-electron chi connectivity index (χ4n) is 2.27. The SMILES string of the molecule is COC(=O)c1ccc(F)c(-c2nc3cc(C(F)(F)F)ncc3n2C)n1. The van der Waals surface area contributed by atoms with Crippen molar-refractivity contribution >= 4 is 17.0 Å². The average molecular weight is 354 g/mol. The minimum atomic E-state index is -4.62. The molecule has 0 saturated carbocycles. The molecule has 0 saturated heterocycles. The second kappa shape index (κ2) is 5.80. The first-order valence-electron chi connectivity index (χ1n) is 6.87. The van der Waals surface area contributed by atoms with E-state index in [-0.39, 0.29) is 28.2 Å². The third-order valence-corrected chi connectivity index (χ3v) is 3.51. The van der Waals surface area contributed by atoms with Crippen LogP contribution in [0.2, 0.25) is 0 Å². The van der Waals surface area contributed by atoms with Crippen LogP contribution >= 0.6 is 0 Å². The van der Waals surface area contributed by atoms with E-state index in [1.165, 1.54) is 11.6 Å². The van der Waals surface area contributed by atoms with Gasteiger partial charge in [-0.25, -0.2) is 24.1 Å². The Balaban J connectivity index is 2.19. The quantitative estimate of drug-likeness (QED) is 0.523. The van der Waals surface area contributed by atoms with E-state index in [1.807, 2.05) is 0 Å². The van der Waals surface area contributed by atoms with Crippen molar-refractivity contribution in [3.8, 4) is 11.5 Å². The molecule has 0 fully saturated rings. The molecule has 0 aliphatic carbocycles. The number of aromatic nitrogens is 4. The van der Waals surface area contributed by atoms with Gasteiger partial charge in [0.2, 0.25) is 0 Å². The monoisotopic (exact) mass is 354 g/mol. The van der Waals surface area contributed by atoms with E-state index >= 15 is 0 Å². The number of fused-ring (bicyclic) bond motifs is 1. The lowest BCUT2D eigenvalue weighted by Gasteiger charge is -2.06. The molecule has 0 spiro atoms. The lowest BCUT2D eigenvalue weighted by Crippen LogP contribution is -2.07. The molecule has 10 heteroatoms. The normalized spacial score (nSPS) is 11.8. The topological polar surface area (TPSA) is 69.9 Å². The third kappa shape index (κ3) is 2.90. The zero-order chi connectivity index (χ0) is 18.4. The van der Waals surface area contributed by atoms with E-state index < -0.39 is 23.7 Å². The van der Waals surface area contributed by atoms with Crippen molar-refractivity contribution in [1.29, 1.82) is 0 Å². The number of aryl methyl sites for hydroxylation is 1. The molecule has 0 aliphatic heterocycles. The molecule has 0 bridgehead atoms. The summed E-state index contributed by atoms with van der Waals surface area (Å²) in [5.74, 6) is -1.60. The van der Waals surface area contributed by atoms with Crippen molar-refractivity contribution in [1.82, 2.24) is 19.5 Å². The number of imidazole rings is 1. The maximum absolute atomic E-state index is 14.1. The van der Waals surface area contributed by atoms with Crippen LogP contribution in [0.25, 0.3) is 22.6 Å². The third-order valence-electron chi connectivity index (χ3n) is 3.51. The van der Waals surface area contributed by atoms with Gasteiger partial charge in [-0.05, 0) is 18.2 Å². The summed E-state index contributed by atoms with van der Waals surface area (Å²) in [6.45, 7) is 0. The van der Waals surface area contributed by atoms with Crippen molar-refractivity contribution < 1.29 is 27.1 Å². The van der Waals surface area contributed by atoms with Crippen LogP contribution in [-0.4, -0.2) is 32.6 Å². The van der Waals surface area contributed by atoms with Gasteiger partial charge in [-0.2, -0.15) is 13.2 Å². The van der Waals surface area contributed by atoms with E-state index in [2.05, 4.69) is 19.7 Å². The Bertz CT molecular complexity index is 982. The van der Waals surface area contributed by atoms with Gasteiger partial charge in [0, 0.05) is 7.05 Å². The number of methoxy groups -OCH3 is 1. The van der Waals surface area contributed by atoms with Gasteiger partial charge in [-0.15, -0.1) is 0 Å². The highest BCUT2D eigenvalue weighted by Gasteiger charge is 2.33. The van der Waals surface area contributed by atoms with Crippen LogP contribution in [0.4, 0.5) is 17.6 Å². The highest BCUT2D eigenvalue weighted by Crippen LogP contribution is 2.31. The van der Waals surface area contributed by atoms with Crippen LogP contribution in [0.1, 0.15) is 16.2 Å². The predicted octanol–water partition coefficient (Wildman–Crippen LogP) is 2.97. The number of pyridine rings is 2. The smallest absolute Gasteiger partial charge is 0.433 e. The number of rotatable bonds is 2. The van der Waals surface area contributed by atoms with Crippen molar-refractivity contribution in [3.63, 3.8) is 0 Å². The van der Waals surface area contributed by atoms with Crippen molar-refractivity contribution in [2.24, 2.45) is 7.05 Å². The minimum absolute atomic E-state index is 0.0236. The molecule has 0 N–H and O–H groups in total. The van der Waals surface area contributed by atoms with E-state index in [0.717, 1.165) is 31.5 Å². The second-order valence-corrected chi connectivity index (χ2v) is 5.07. The van der Waals surface area contributed by atoms with Crippen molar-refractivity contribution in [2.75, 3.05) is 7.11 Å². The Morgan fingerprint density at radius 1 is 1.24 bits per heavy atom. The van der Waals surface area contributed by atoms with Crippen LogP contribution in [0, 0.1) is 5.82 Å². The molecule has 0 amide bonds. The molecule has 6 nitrogen and oxygen atoms in total. The Hall–Kier alpha value is -3.04. The molecule has 0 aromatic carbocycles. The molecule has 0 aliphatic rings. The molecule has 3 heterocycles. The lowest BCUT2D eigenvalue weighted by atomic mass is 10.2.